The van der Waals surface area contributed by atoms with Gasteiger partial charge in [0.05, 0.1) is 6.04 Å². The SMILES string of the molecule is Cc1cc(C2C=CCN2)cs1. The second kappa shape index (κ2) is 2.80. The molecule has 2 rings (SSSR count). The third-order valence-corrected chi connectivity index (χ3v) is 2.77. The van der Waals surface area contributed by atoms with E-state index < -0.39 is 0 Å². The summed E-state index contributed by atoms with van der Waals surface area (Å²) in [6.45, 7) is 3.16. The van der Waals surface area contributed by atoms with E-state index in [9.17, 15) is 0 Å². The van der Waals surface area contributed by atoms with E-state index in [1.165, 1.54) is 10.4 Å². The fourth-order valence-electron chi connectivity index (χ4n) is 1.32. The van der Waals surface area contributed by atoms with Gasteiger partial charge in [0.2, 0.25) is 0 Å². The molecule has 0 aromatic carbocycles. The molecule has 1 aromatic heterocycles. The highest BCUT2D eigenvalue weighted by molar-refractivity contribution is 7.10. The normalized spacial score (nSPS) is 22.8. The predicted molar refractivity (Wildman–Crippen MR) is 48.9 cm³/mol. The van der Waals surface area contributed by atoms with Crippen molar-refractivity contribution in [1.29, 1.82) is 0 Å². The second-order valence-electron chi connectivity index (χ2n) is 2.80. The van der Waals surface area contributed by atoms with Gasteiger partial charge in [0.15, 0.2) is 0 Å². The monoisotopic (exact) mass is 165 g/mol. The van der Waals surface area contributed by atoms with Crippen molar-refractivity contribution in [2.75, 3.05) is 6.54 Å². The molecule has 0 bridgehead atoms. The predicted octanol–water partition coefficient (Wildman–Crippen LogP) is 2.26. The van der Waals surface area contributed by atoms with Crippen LogP contribution in [0.25, 0.3) is 0 Å². The number of nitrogens with one attached hydrogen (secondary N) is 1. The van der Waals surface area contributed by atoms with Crippen molar-refractivity contribution < 1.29 is 0 Å². The van der Waals surface area contributed by atoms with Crippen LogP contribution in [0.4, 0.5) is 0 Å². The molecular formula is C9H11NS. The second-order valence-corrected chi connectivity index (χ2v) is 3.92. The minimum atomic E-state index is 0.472. The van der Waals surface area contributed by atoms with Crippen LogP contribution in [-0.2, 0) is 0 Å². The molecule has 0 saturated heterocycles. The Kier molecular flexibility index (Phi) is 1.80. The van der Waals surface area contributed by atoms with Gasteiger partial charge in [0.1, 0.15) is 0 Å². The molecule has 0 radical (unpaired) electrons. The Morgan fingerprint density at radius 2 is 2.55 bits per heavy atom. The van der Waals surface area contributed by atoms with E-state index in [2.05, 4.69) is 35.8 Å². The van der Waals surface area contributed by atoms with Crippen LogP contribution in [0.1, 0.15) is 16.5 Å². The third-order valence-electron chi connectivity index (χ3n) is 1.89. The highest BCUT2D eigenvalue weighted by Crippen LogP contribution is 2.22. The summed E-state index contributed by atoms with van der Waals surface area (Å²) in [6.07, 6.45) is 4.40. The van der Waals surface area contributed by atoms with Crippen molar-refractivity contribution in [3.8, 4) is 0 Å². The first-order valence-electron chi connectivity index (χ1n) is 3.81. The van der Waals surface area contributed by atoms with Crippen molar-refractivity contribution in [3.63, 3.8) is 0 Å². The Hall–Kier alpha value is -0.600. The van der Waals surface area contributed by atoms with Crippen molar-refractivity contribution >= 4 is 11.3 Å². The van der Waals surface area contributed by atoms with Gasteiger partial charge in [-0.15, -0.1) is 11.3 Å². The first-order valence-corrected chi connectivity index (χ1v) is 4.69. The lowest BCUT2D eigenvalue weighted by molar-refractivity contribution is 0.715. The van der Waals surface area contributed by atoms with Gasteiger partial charge < -0.3 is 5.32 Å². The molecule has 1 atom stereocenters. The van der Waals surface area contributed by atoms with Crippen LogP contribution in [0.15, 0.2) is 23.6 Å². The summed E-state index contributed by atoms with van der Waals surface area (Å²) in [5.41, 5.74) is 1.40. The van der Waals surface area contributed by atoms with Crippen molar-refractivity contribution in [2.24, 2.45) is 0 Å². The average molecular weight is 165 g/mol. The zero-order chi connectivity index (χ0) is 7.68. The van der Waals surface area contributed by atoms with Crippen LogP contribution < -0.4 is 5.32 Å². The molecule has 2 heteroatoms. The number of hydrogen-bond acceptors (Lipinski definition) is 2. The van der Waals surface area contributed by atoms with E-state index in [1.54, 1.807) is 0 Å². The summed E-state index contributed by atoms with van der Waals surface area (Å²) >= 11 is 1.82. The Morgan fingerprint density at radius 3 is 3.09 bits per heavy atom. The molecule has 0 saturated carbocycles. The average Bonchev–Trinajstić information content (AvgIpc) is 2.55. The summed E-state index contributed by atoms with van der Waals surface area (Å²) in [4.78, 5) is 1.39. The Balaban J connectivity index is 2.22. The van der Waals surface area contributed by atoms with Gasteiger partial charge in [0.25, 0.3) is 0 Å². The van der Waals surface area contributed by atoms with Crippen molar-refractivity contribution in [3.05, 3.63) is 34.0 Å². The zero-order valence-electron chi connectivity index (χ0n) is 6.50. The molecule has 2 heterocycles. The molecule has 1 aliphatic rings. The van der Waals surface area contributed by atoms with Gasteiger partial charge in [-0.2, -0.15) is 0 Å². The van der Waals surface area contributed by atoms with Crippen molar-refractivity contribution in [1.82, 2.24) is 5.32 Å². The summed E-state index contributed by atoms with van der Waals surface area (Å²) in [5.74, 6) is 0. The largest absolute Gasteiger partial charge is 0.303 e. The molecule has 0 spiro atoms. The molecular weight excluding hydrogens is 154 g/mol. The number of thiophene rings is 1. The zero-order valence-corrected chi connectivity index (χ0v) is 7.32. The lowest BCUT2D eigenvalue weighted by Crippen LogP contribution is -2.12. The fourth-order valence-corrected chi connectivity index (χ4v) is 2.06. The maximum Gasteiger partial charge on any atom is 0.0517 e. The highest BCUT2D eigenvalue weighted by Gasteiger charge is 2.10. The van der Waals surface area contributed by atoms with Crippen LogP contribution in [0.2, 0.25) is 0 Å². The molecule has 1 aromatic rings. The van der Waals surface area contributed by atoms with Gasteiger partial charge in [-0.3, -0.25) is 0 Å². The molecule has 1 nitrogen and oxygen atoms in total. The summed E-state index contributed by atoms with van der Waals surface area (Å²) in [7, 11) is 0. The van der Waals surface area contributed by atoms with E-state index in [0.717, 1.165) is 6.54 Å². The van der Waals surface area contributed by atoms with E-state index in [0.29, 0.717) is 6.04 Å². The van der Waals surface area contributed by atoms with Gasteiger partial charge >= 0.3 is 0 Å². The lowest BCUT2D eigenvalue weighted by Gasteiger charge is -2.04. The molecule has 0 aliphatic carbocycles. The van der Waals surface area contributed by atoms with E-state index in [1.807, 2.05) is 11.3 Å². The summed E-state index contributed by atoms with van der Waals surface area (Å²) in [5, 5.41) is 5.61. The molecule has 1 aliphatic heterocycles. The lowest BCUT2D eigenvalue weighted by atomic mass is 10.1. The molecule has 11 heavy (non-hydrogen) atoms. The van der Waals surface area contributed by atoms with E-state index >= 15 is 0 Å². The number of rotatable bonds is 1. The Morgan fingerprint density at radius 1 is 1.64 bits per heavy atom. The molecule has 1 unspecified atom stereocenters. The summed E-state index contributed by atoms with van der Waals surface area (Å²) in [6, 6.07) is 2.72. The molecule has 58 valence electrons. The van der Waals surface area contributed by atoms with Crippen LogP contribution in [0.3, 0.4) is 0 Å². The number of aryl methyl sites for hydroxylation is 1. The van der Waals surface area contributed by atoms with Crippen LogP contribution >= 0.6 is 11.3 Å². The standard InChI is InChI=1S/C9H11NS/c1-7-5-8(6-11-7)9-3-2-4-10-9/h2-3,5-6,9-10H,4H2,1H3. The van der Waals surface area contributed by atoms with Crippen molar-refractivity contribution in [2.45, 2.75) is 13.0 Å². The number of hydrogen-bond donors (Lipinski definition) is 1. The topological polar surface area (TPSA) is 12.0 Å². The Bertz CT molecular complexity index is 275. The van der Waals surface area contributed by atoms with Crippen LogP contribution in [0, 0.1) is 6.92 Å². The first-order chi connectivity index (χ1) is 5.36. The fraction of sp³-hybridized carbons (Fsp3) is 0.333. The maximum absolute atomic E-state index is 3.38. The van der Waals surface area contributed by atoms with Gasteiger partial charge in [0, 0.05) is 11.4 Å². The van der Waals surface area contributed by atoms with Gasteiger partial charge in [-0.05, 0) is 23.9 Å². The van der Waals surface area contributed by atoms with Crippen LogP contribution in [0.5, 0.6) is 0 Å². The minimum Gasteiger partial charge on any atom is -0.303 e. The quantitative estimate of drug-likeness (QED) is 0.629. The van der Waals surface area contributed by atoms with Gasteiger partial charge in [-0.25, -0.2) is 0 Å². The minimum absolute atomic E-state index is 0.472. The van der Waals surface area contributed by atoms with Gasteiger partial charge in [-0.1, -0.05) is 12.2 Å². The van der Waals surface area contributed by atoms with E-state index in [4.69, 9.17) is 0 Å². The highest BCUT2D eigenvalue weighted by atomic mass is 32.1. The maximum atomic E-state index is 3.38. The third kappa shape index (κ3) is 1.37. The molecule has 1 N–H and O–H groups in total. The molecule has 0 amide bonds. The smallest absolute Gasteiger partial charge is 0.0517 e. The van der Waals surface area contributed by atoms with E-state index in [-0.39, 0.29) is 0 Å². The Labute approximate surface area is 70.8 Å². The summed E-state index contributed by atoms with van der Waals surface area (Å²) < 4.78 is 0. The first kappa shape index (κ1) is 7.07. The molecule has 0 fully saturated rings. The van der Waals surface area contributed by atoms with Crippen LogP contribution in [-0.4, -0.2) is 6.54 Å².